The molecule has 0 aromatic heterocycles. The zero-order valence-corrected chi connectivity index (χ0v) is 15.1. The SMILES string of the molecule is CN(C(=O)Cc1ccc(NC(=O)CNCC2CC2)cc1)c1ccccc1. The van der Waals surface area contributed by atoms with Crippen LogP contribution in [0, 0.1) is 5.92 Å². The Hall–Kier alpha value is -2.66. The molecule has 2 aromatic carbocycles. The molecule has 1 saturated carbocycles. The van der Waals surface area contributed by atoms with Gasteiger partial charge in [0.25, 0.3) is 0 Å². The number of nitrogens with one attached hydrogen (secondary N) is 2. The molecule has 0 spiro atoms. The second kappa shape index (κ2) is 8.63. The van der Waals surface area contributed by atoms with Crippen molar-refractivity contribution in [3.63, 3.8) is 0 Å². The summed E-state index contributed by atoms with van der Waals surface area (Å²) in [5, 5.41) is 6.04. The van der Waals surface area contributed by atoms with Crippen molar-refractivity contribution in [3.05, 3.63) is 60.2 Å². The van der Waals surface area contributed by atoms with E-state index in [-0.39, 0.29) is 11.8 Å². The van der Waals surface area contributed by atoms with E-state index in [1.165, 1.54) is 12.8 Å². The highest BCUT2D eigenvalue weighted by molar-refractivity contribution is 5.94. The number of hydrogen-bond acceptors (Lipinski definition) is 3. The van der Waals surface area contributed by atoms with Crippen LogP contribution in [0.2, 0.25) is 0 Å². The Labute approximate surface area is 154 Å². The summed E-state index contributed by atoms with van der Waals surface area (Å²) >= 11 is 0. The Morgan fingerprint density at radius 3 is 2.38 bits per heavy atom. The Morgan fingerprint density at radius 1 is 1.04 bits per heavy atom. The molecular formula is C21H25N3O2. The molecule has 26 heavy (non-hydrogen) atoms. The summed E-state index contributed by atoms with van der Waals surface area (Å²) in [7, 11) is 1.78. The van der Waals surface area contributed by atoms with Crippen molar-refractivity contribution in [3.8, 4) is 0 Å². The van der Waals surface area contributed by atoms with Crippen molar-refractivity contribution >= 4 is 23.2 Å². The summed E-state index contributed by atoms with van der Waals surface area (Å²) in [6, 6.07) is 17.0. The molecule has 5 nitrogen and oxygen atoms in total. The fourth-order valence-electron chi connectivity index (χ4n) is 2.71. The molecule has 2 amide bonds. The van der Waals surface area contributed by atoms with Gasteiger partial charge in [0, 0.05) is 18.4 Å². The van der Waals surface area contributed by atoms with Crippen LogP contribution in [0.25, 0.3) is 0 Å². The van der Waals surface area contributed by atoms with Gasteiger partial charge in [0.2, 0.25) is 11.8 Å². The molecule has 0 aliphatic heterocycles. The summed E-state index contributed by atoms with van der Waals surface area (Å²) in [4.78, 5) is 25.9. The number of rotatable bonds is 8. The smallest absolute Gasteiger partial charge is 0.238 e. The number of amides is 2. The zero-order valence-electron chi connectivity index (χ0n) is 15.1. The maximum absolute atomic E-state index is 12.4. The third kappa shape index (κ3) is 5.43. The van der Waals surface area contributed by atoms with Crippen LogP contribution >= 0.6 is 0 Å². The molecule has 0 bridgehead atoms. The Bertz CT molecular complexity index is 740. The molecule has 2 aromatic rings. The summed E-state index contributed by atoms with van der Waals surface area (Å²) < 4.78 is 0. The van der Waals surface area contributed by atoms with Crippen molar-refractivity contribution in [2.24, 2.45) is 5.92 Å². The normalized spacial score (nSPS) is 13.3. The maximum atomic E-state index is 12.4. The van der Waals surface area contributed by atoms with Crippen LogP contribution in [0.15, 0.2) is 54.6 Å². The Balaban J connectivity index is 1.47. The molecule has 1 aliphatic rings. The molecule has 1 aliphatic carbocycles. The van der Waals surface area contributed by atoms with E-state index in [9.17, 15) is 9.59 Å². The lowest BCUT2D eigenvalue weighted by Gasteiger charge is -2.17. The van der Waals surface area contributed by atoms with Crippen LogP contribution in [0.3, 0.4) is 0 Å². The topological polar surface area (TPSA) is 61.4 Å². The standard InChI is InChI=1S/C21H25N3O2/c1-24(19-5-3-2-4-6-19)21(26)13-16-9-11-18(12-10-16)23-20(25)15-22-14-17-7-8-17/h2-6,9-12,17,22H,7-8,13-15H2,1H3,(H,23,25). The number of nitrogens with zero attached hydrogens (tertiary/aromatic N) is 1. The number of benzene rings is 2. The molecule has 0 saturated heterocycles. The molecule has 0 radical (unpaired) electrons. The third-order valence-corrected chi connectivity index (χ3v) is 4.53. The quantitative estimate of drug-likeness (QED) is 0.769. The van der Waals surface area contributed by atoms with E-state index < -0.39 is 0 Å². The van der Waals surface area contributed by atoms with Gasteiger partial charge in [0.1, 0.15) is 0 Å². The van der Waals surface area contributed by atoms with Gasteiger partial charge in [-0.15, -0.1) is 0 Å². The van der Waals surface area contributed by atoms with E-state index in [1.54, 1.807) is 11.9 Å². The van der Waals surface area contributed by atoms with Crippen LogP contribution in [-0.2, 0) is 16.0 Å². The average molecular weight is 351 g/mol. The number of anilines is 2. The molecule has 0 unspecified atom stereocenters. The number of para-hydroxylation sites is 1. The van der Waals surface area contributed by atoms with Gasteiger partial charge in [-0.1, -0.05) is 30.3 Å². The minimum atomic E-state index is -0.0433. The third-order valence-electron chi connectivity index (χ3n) is 4.53. The second-order valence-electron chi connectivity index (χ2n) is 6.78. The van der Waals surface area contributed by atoms with Crippen molar-refractivity contribution < 1.29 is 9.59 Å². The largest absolute Gasteiger partial charge is 0.325 e. The molecule has 136 valence electrons. The first-order valence-corrected chi connectivity index (χ1v) is 9.03. The van der Waals surface area contributed by atoms with Gasteiger partial charge in [-0.2, -0.15) is 0 Å². The van der Waals surface area contributed by atoms with E-state index in [0.29, 0.717) is 13.0 Å². The molecule has 3 rings (SSSR count). The van der Waals surface area contributed by atoms with E-state index in [0.717, 1.165) is 29.4 Å². The predicted molar refractivity (Wildman–Crippen MR) is 104 cm³/mol. The van der Waals surface area contributed by atoms with Gasteiger partial charge < -0.3 is 15.5 Å². The first-order chi connectivity index (χ1) is 12.6. The van der Waals surface area contributed by atoms with Crippen molar-refractivity contribution in [1.29, 1.82) is 0 Å². The lowest BCUT2D eigenvalue weighted by atomic mass is 10.1. The number of carbonyl (C=O) groups excluding carboxylic acids is 2. The maximum Gasteiger partial charge on any atom is 0.238 e. The first kappa shape index (κ1) is 18.1. The Kier molecular flexibility index (Phi) is 6.02. The second-order valence-corrected chi connectivity index (χ2v) is 6.78. The van der Waals surface area contributed by atoms with Crippen LogP contribution in [-0.4, -0.2) is 32.0 Å². The van der Waals surface area contributed by atoms with Gasteiger partial charge >= 0.3 is 0 Å². The molecular weight excluding hydrogens is 326 g/mol. The van der Waals surface area contributed by atoms with Crippen LogP contribution in [0.1, 0.15) is 18.4 Å². The highest BCUT2D eigenvalue weighted by Gasteiger charge is 2.20. The number of carbonyl (C=O) groups is 2. The summed E-state index contributed by atoms with van der Waals surface area (Å²) in [5.41, 5.74) is 2.54. The summed E-state index contributed by atoms with van der Waals surface area (Å²) in [5.74, 6) is 0.740. The minimum absolute atomic E-state index is 0.0252. The average Bonchev–Trinajstić information content (AvgIpc) is 3.48. The molecule has 0 heterocycles. The van der Waals surface area contributed by atoms with Gasteiger partial charge in [-0.05, 0) is 55.1 Å². The molecule has 1 fully saturated rings. The van der Waals surface area contributed by atoms with Crippen LogP contribution in [0.5, 0.6) is 0 Å². The van der Waals surface area contributed by atoms with Gasteiger partial charge in [-0.3, -0.25) is 9.59 Å². The fraction of sp³-hybridized carbons (Fsp3) is 0.333. The molecule has 2 N–H and O–H groups in total. The van der Waals surface area contributed by atoms with Crippen molar-refractivity contribution in [2.45, 2.75) is 19.3 Å². The van der Waals surface area contributed by atoms with Gasteiger partial charge in [0.05, 0.1) is 13.0 Å². The summed E-state index contributed by atoms with van der Waals surface area (Å²) in [6.07, 6.45) is 2.87. The Morgan fingerprint density at radius 2 is 1.73 bits per heavy atom. The van der Waals surface area contributed by atoms with Gasteiger partial charge in [0.15, 0.2) is 0 Å². The monoisotopic (exact) mass is 351 g/mol. The van der Waals surface area contributed by atoms with E-state index in [2.05, 4.69) is 10.6 Å². The van der Waals surface area contributed by atoms with Crippen LogP contribution < -0.4 is 15.5 Å². The molecule has 5 heteroatoms. The fourth-order valence-corrected chi connectivity index (χ4v) is 2.71. The zero-order chi connectivity index (χ0) is 18.4. The predicted octanol–water partition coefficient (Wildman–Crippen LogP) is 2.83. The minimum Gasteiger partial charge on any atom is -0.325 e. The lowest BCUT2D eigenvalue weighted by molar-refractivity contribution is -0.118. The van der Waals surface area contributed by atoms with E-state index in [4.69, 9.17) is 0 Å². The highest BCUT2D eigenvalue weighted by Crippen LogP contribution is 2.27. The van der Waals surface area contributed by atoms with E-state index in [1.807, 2.05) is 54.6 Å². The first-order valence-electron chi connectivity index (χ1n) is 9.03. The van der Waals surface area contributed by atoms with Crippen LogP contribution in [0.4, 0.5) is 11.4 Å². The van der Waals surface area contributed by atoms with E-state index >= 15 is 0 Å². The lowest BCUT2D eigenvalue weighted by Crippen LogP contribution is -2.29. The number of hydrogen-bond donors (Lipinski definition) is 2. The van der Waals surface area contributed by atoms with Crippen molar-refractivity contribution in [1.82, 2.24) is 5.32 Å². The molecule has 0 atom stereocenters. The summed E-state index contributed by atoms with van der Waals surface area (Å²) in [6.45, 7) is 1.25. The van der Waals surface area contributed by atoms with Crippen molar-refractivity contribution in [2.75, 3.05) is 30.4 Å². The number of likely N-dealkylation sites (N-methyl/N-ethyl adjacent to an activating group) is 1. The highest BCUT2D eigenvalue weighted by atomic mass is 16.2. The van der Waals surface area contributed by atoms with Gasteiger partial charge in [-0.25, -0.2) is 0 Å².